The van der Waals surface area contributed by atoms with Gasteiger partial charge in [-0.1, -0.05) is 85.6 Å². The van der Waals surface area contributed by atoms with Gasteiger partial charge in [-0.25, -0.2) is 9.97 Å². The summed E-state index contributed by atoms with van der Waals surface area (Å²) in [5, 5.41) is 26.1. The van der Waals surface area contributed by atoms with E-state index in [1.165, 1.54) is 54.8 Å². The molecule has 1 unspecified atom stereocenters. The second-order valence-corrected chi connectivity index (χ2v) is 22.6. The van der Waals surface area contributed by atoms with Crippen molar-refractivity contribution in [2.24, 2.45) is 5.73 Å². The molecule has 2 atom stereocenters. The molecule has 0 radical (unpaired) electrons. The number of halogens is 1. The van der Waals surface area contributed by atoms with E-state index in [0.29, 0.717) is 35.1 Å². The van der Waals surface area contributed by atoms with Crippen molar-refractivity contribution in [3.8, 4) is 44.8 Å². The fourth-order valence-corrected chi connectivity index (χ4v) is 11.8. The number of likely N-dealkylation sites (tertiary alicyclic amines) is 2. The molecule has 15 heteroatoms. The Kier molecular flexibility index (Phi) is 15.7. The molecule has 8 heterocycles. The highest BCUT2D eigenvalue weighted by Crippen LogP contribution is 2.39. The van der Waals surface area contributed by atoms with E-state index < -0.39 is 0 Å². The summed E-state index contributed by atoms with van der Waals surface area (Å²) < 4.78 is 3.69. The zero-order valence-electron chi connectivity index (χ0n) is 45.6. The van der Waals surface area contributed by atoms with Crippen LogP contribution in [0.15, 0.2) is 147 Å². The molecule has 396 valence electrons. The minimum absolute atomic E-state index is 0.0509. The van der Waals surface area contributed by atoms with E-state index in [0.717, 1.165) is 74.7 Å². The summed E-state index contributed by atoms with van der Waals surface area (Å²) in [6.07, 6.45) is 18.1. The number of nitrogens with two attached hydrogens (primary N) is 1. The molecule has 2 saturated heterocycles. The van der Waals surface area contributed by atoms with Crippen LogP contribution in [-0.4, -0.2) is 107 Å². The van der Waals surface area contributed by atoms with Crippen LogP contribution in [0.5, 0.6) is 0 Å². The molecule has 2 aliphatic rings. The van der Waals surface area contributed by atoms with Gasteiger partial charge in [0, 0.05) is 65.6 Å². The Morgan fingerprint density at radius 2 is 1.00 bits per heavy atom. The largest absolute Gasteiger partial charge is 0.349 e. The van der Waals surface area contributed by atoms with Gasteiger partial charge in [0.1, 0.15) is 12.7 Å². The van der Waals surface area contributed by atoms with Crippen molar-refractivity contribution in [2.45, 2.75) is 129 Å². The summed E-state index contributed by atoms with van der Waals surface area (Å²) in [5.74, 6) is 0.751. The van der Waals surface area contributed by atoms with E-state index in [4.69, 9.17) is 22.3 Å². The maximum Gasteiger partial charge on any atom is 0.211 e. The highest BCUT2D eigenvalue weighted by atomic mass is 35.5. The number of nitrogens with zero attached hydrogens (tertiary/aromatic N) is 12. The molecule has 0 spiro atoms. The third-order valence-corrected chi connectivity index (χ3v) is 15.7. The summed E-state index contributed by atoms with van der Waals surface area (Å²) in [5.41, 5.74) is 14.9. The number of benzene rings is 4. The SMILES string of the molecule is CC(C)N1CCCCC1C(C)(C)Nc1nc(-c2ccncc2)c(-c2ccc3ccccc3c2)c2nncn12.CC(C)N1CCCC[C@H]1C(C)(C)N.Clc1nc(-c2ccncc2)c(-c2ccc3ccccc3c2)c2nncn12. The lowest BCUT2D eigenvalue weighted by Crippen LogP contribution is -2.58. The molecule has 6 aromatic heterocycles. The normalized spacial score (nSPS) is 16.7. The smallest absolute Gasteiger partial charge is 0.211 e. The van der Waals surface area contributed by atoms with E-state index in [2.05, 4.69) is 179 Å². The number of pyridine rings is 2. The number of hydrogen-bond acceptors (Lipinski definition) is 12. The molecule has 10 aromatic rings. The lowest BCUT2D eigenvalue weighted by molar-refractivity contribution is 0.0674. The van der Waals surface area contributed by atoms with Gasteiger partial charge in [-0.05, 0) is 175 Å². The van der Waals surface area contributed by atoms with Crippen LogP contribution in [0.25, 0.3) is 77.6 Å². The summed E-state index contributed by atoms with van der Waals surface area (Å²) >= 11 is 6.36. The number of anilines is 1. The van der Waals surface area contributed by atoms with Crippen LogP contribution in [0, 0.1) is 0 Å². The standard InChI is InChI=1S/C31H35N7.C20H12ClN5.C11H24N2/c1-21(2)37-18-8-7-11-26(37)31(3,4)35-30-34-28(23-14-16-32-17-15-23)27(29-36-33-20-38(29)30)25-13-12-22-9-5-6-10-24(22)19-25;21-20-24-18(14-7-9-22-10-8-14)17(19-25-23-12-26(19)20)16-6-5-13-3-1-2-4-15(13)11-16;1-9(2)13-8-6-5-7-10(13)11(3,4)12/h5-6,9-10,12-17,19-21,26H,7-8,11,18H2,1-4H3,(H,34,35);1-12H;9-10H,5-8,12H2,1-4H3/t;;10-/m..0/s1. The van der Waals surface area contributed by atoms with E-state index in [-0.39, 0.29) is 11.1 Å². The van der Waals surface area contributed by atoms with Gasteiger partial charge in [0.15, 0.2) is 11.3 Å². The van der Waals surface area contributed by atoms with Crippen LogP contribution in [0.2, 0.25) is 5.28 Å². The Balaban J connectivity index is 0.000000148. The molecule has 3 N–H and O–H groups in total. The Labute approximate surface area is 457 Å². The van der Waals surface area contributed by atoms with E-state index in [1.807, 2.05) is 53.2 Å². The van der Waals surface area contributed by atoms with Gasteiger partial charge < -0.3 is 11.1 Å². The maximum atomic E-state index is 6.36. The Morgan fingerprint density at radius 1 is 0.545 bits per heavy atom. The third-order valence-electron chi connectivity index (χ3n) is 15.4. The molecule has 0 bridgehead atoms. The van der Waals surface area contributed by atoms with Crippen LogP contribution < -0.4 is 11.1 Å². The predicted molar refractivity (Wildman–Crippen MR) is 314 cm³/mol. The van der Waals surface area contributed by atoms with Crippen LogP contribution in [-0.2, 0) is 0 Å². The number of hydrogen-bond donors (Lipinski definition) is 2. The number of fused-ring (bicyclic) bond motifs is 4. The molecular formula is C62H71ClN14. The number of piperidine rings is 2. The van der Waals surface area contributed by atoms with Gasteiger partial charge in [0.25, 0.3) is 0 Å². The van der Waals surface area contributed by atoms with Gasteiger partial charge in [-0.15, -0.1) is 20.4 Å². The van der Waals surface area contributed by atoms with Crippen molar-refractivity contribution >= 4 is 50.4 Å². The molecule has 0 amide bonds. The van der Waals surface area contributed by atoms with Crippen molar-refractivity contribution in [1.82, 2.24) is 58.9 Å². The fraction of sp³-hybridized carbons (Fsp3) is 0.355. The average molecular weight is 1050 g/mol. The van der Waals surface area contributed by atoms with Crippen molar-refractivity contribution < 1.29 is 0 Å². The Morgan fingerprint density at radius 3 is 1.49 bits per heavy atom. The first-order chi connectivity index (χ1) is 37.2. The summed E-state index contributed by atoms with van der Waals surface area (Å²) in [4.78, 5) is 23.4. The molecule has 0 aliphatic carbocycles. The molecule has 14 nitrogen and oxygen atoms in total. The topological polar surface area (TPSA) is 156 Å². The molecular weight excluding hydrogens is 976 g/mol. The Hall–Kier alpha value is -7.23. The van der Waals surface area contributed by atoms with E-state index in [9.17, 15) is 0 Å². The zero-order chi connectivity index (χ0) is 53.8. The second kappa shape index (κ2) is 22.8. The Bertz CT molecular complexity index is 3600. The van der Waals surface area contributed by atoms with E-state index in [1.54, 1.807) is 29.4 Å². The molecule has 2 aliphatic heterocycles. The lowest BCUT2D eigenvalue weighted by Gasteiger charge is -2.47. The molecule has 2 fully saturated rings. The minimum atomic E-state index is -0.213. The van der Waals surface area contributed by atoms with Crippen molar-refractivity contribution in [3.63, 3.8) is 0 Å². The van der Waals surface area contributed by atoms with Crippen LogP contribution >= 0.6 is 11.6 Å². The molecule has 12 rings (SSSR count). The monoisotopic (exact) mass is 1050 g/mol. The summed E-state index contributed by atoms with van der Waals surface area (Å²) in [7, 11) is 0. The van der Waals surface area contributed by atoms with Gasteiger partial charge in [0.05, 0.1) is 28.1 Å². The van der Waals surface area contributed by atoms with Gasteiger partial charge in [0.2, 0.25) is 11.2 Å². The summed E-state index contributed by atoms with van der Waals surface area (Å²) in [6.45, 7) is 20.4. The highest BCUT2D eigenvalue weighted by Gasteiger charge is 2.38. The van der Waals surface area contributed by atoms with Gasteiger partial charge in [-0.3, -0.25) is 28.6 Å². The van der Waals surface area contributed by atoms with Gasteiger partial charge >= 0.3 is 0 Å². The first kappa shape index (κ1) is 53.2. The highest BCUT2D eigenvalue weighted by molar-refractivity contribution is 6.29. The first-order valence-electron chi connectivity index (χ1n) is 27.2. The number of aromatic nitrogens is 10. The lowest BCUT2D eigenvalue weighted by atomic mass is 9.85. The van der Waals surface area contributed by atoms with E-state index >= 15 is 0 Å². The zero-order valence-corrected chi connectivity index (χ0v) is 46.4. The first-order valence-corrected chi connectivity index (χ1v) is 27.5. The number of rotatable bonds is 10. The molecule has 77 heavy (non-hydrogen) atoms. The average Bonchev–Trinajstić information content (AvgIpc) is 4.27. The number of nitrogens with one attached hydrogen (secondary N) is 1. The van der Waals surface area contributed by atoms with Crippen molar-refractivity contribution in [3.05, 3.63) is 152 Å². The maximum absolute atomic E-state index is 6.36. The van der Waals surface area contributed by atoms with Crippen LogP contribution in [0.4, 0.5) is 5.95 Å². The molecule has 0 saturated carbocycles. The minimum Gasteiger partial charge on any atom is -0.349 e. The quantitative estimate of drug-likeness (QED) is 0.125. The third kappa shape index (κ3) is 11.4. The van der Waals surface area contributed by atoms with Crippen molar-refractivity contribution in [1.29, 1.82) is 0 Å². The van der Waals surface area contributed by atoms with Crippen LogP contribution in [0.1, 0.15) is 93.9 Å². The second-order valence-electron chi connectivity index (χ2n) is 22.3. The molecule has 4 aromatic carbocycles. The van der Waals surface area contributed by atoms with Crippen LogP contribution in [0.3, 0.4) is 0 Å². The predicted octanol–water partition coefficient (Wildman–Crippen LogP) is 13.1. The summed E-state index contributed by atoms with van der Waals surface area (Å²) in [6, 6.07) is 39.4. The fourth-order valence-electron chi connectivity index (χ4n) is 11.6. The van der Waals surface area contributed by atoms with Crippen molar-refractivity contribution in [2.75, 3.05) is 18.4 Å². The van der Waals surface area contributed by atoms with Gasteiger partial charge in [-0.2, -0.15) is 0 Å².